The molecule has 0 saturated heterocycles. The summed E-state index contributed by atoms with van der Waals surface area (Å²) in [5, 5.41) is 4.24. The van der Waals surface area contributed by atoms with E-state index >= 15 is 0 Å². The van der Waals surface area contributed by atoms with Gasteiger partial charge in [0, 0.05) is 4.47 Å². The molecule has 3 nitrogen and oxygen atoms in total. The van der Waals surface area contributed by atoms with E-state index in [0.717, 1.165) is 37.3 Å². The monoisotopic (exact) mass is 434 g/mol. The lowest BCUT2D eigenvalue weighted by atomic mass is 9.98. The molecule has 0 spiro atoms. The first-order valence-corrected chi connectivity index (χ1v) is 9.82. The highest BCUT2D eigenvalue weighted by Crippen LogP contribution is 2.29. The van der Waals surface area contributed by atoms with Gasteiger partial charge in [-0.2, -0.15) is 0 Å². The van der Waals surface area contributed by atoms with E-state index in [1.165, 1.54) is 0 Å². The maximum absolute atomic E-state index is 12.7. The molecule has 4 rings (SSSR count). The summed E-state index contributed by atoms with van der Waals surface area (Å²) in [6, 6.07) is 23.5. The zero-order chi connectivity index (χ0) is 19.7. The van der Waals surface area contributed by atoms with E-state index in [0.29, 0.717) is 5.75 Å². The van der Waals surface area contributed by atoms with Gasteiger partial charge in [0.05, 0.1) is 13.0 Å². The van der Waals surface area contributed by atoms with Crippen molar-refractivity contribution in [2.75, 3.05) is 7.11 Å². The number of ether oxygens (including phenoxy) is 2. The predicted molar refractivity (Wildman–Crippen MR) is 116 cm³/mol. The second kappa shape index (κ2) is 7.64. The number of benzene rings is 4. The smallest absolute Gasteiger partial charge is 0.318 e. The molecule has 0 unspecified atom stereocenters. The SMILES string of the molecule is COc1ccc2cc([C@@H](C)C(=O)Oc3ccc4c(Br)cccc4c3)ccc2c1. The number of esters is 1. The van der Waals surface area contributed by atoms with Gasteiger partial charge in [0.2, 0.25) is 0 Å². The number of methoxy groups -OCH3 is 1. The lowest BCUT2D eigenvalue weighted by molar-refractivity contribution is -0.135. The zero-order valence-corrected chi connectivity index (χ0v) is 17.2. The quantitative estimate of drug-likeness (QED) is 0.272. The maximum Gasteiger partial charge on any atom is 0.318 e. The van der Waals surface area contributed by atoms with E-state index in [4.69, 9.17) is 9.47 Å². The molecule has 4 aromatic carbocycles. The Morgan fingerprint density at radius 2 is 1.57 bits per heavy atom. The fourth-order valence-electron chi connectivity index (χ4n) is 3.26. The van der Waals surface area contributed by atoms with Crippen LogP contribution in [0.4, 0.5) is 0 Å². The summed E-state index contributed by atoms with van der Waals surface area (Å²) in [5.74, 6) is 0.718. The molecule has 0 aliphatic rings. The largest absolute Gasteiger partial charge is 0.497 e. The van der Waals surface area contributed by atoms with Gasteiger partial charge in [0.15, 0.2) is 0 Å². The van der Waals surface area contributed by atoms with Crippen LogP contribution >= 0.6 is 15.9 Å². The summed E-state index contributed by atoms with van der Waals surface area (Å²) >= 11 is 3.54. The second-order valence-corrected chi connectivity index (χ2v) is 7.59. The molecule has 140 valence electrons. The molecule has 0 fully saturated rings. The van der Waals surface area contributed by atoms with Crippen molar-refractivity contribution < 1.29 is 14.3 Å². The van der Waals surface area contributed by atoms with Crippen molar-refractivity contribution in [3.05, 3.63) is 82.8 Å². The highest BCUT2D eigenvalue weighted by Gasteiger charge is 2.18. The summed E-state index contributed by atoms with van der Waals surface area (Å²) in [5.41, 5.74) is 0.922. The first kappa shape index (κ1) is 18.5. The van der Waals surface area contributed by atoms with Gasteiger partial charge in [-0.3, -0.25) is 4.79 Å². The first-order valence-electron chi connectivity index (χ1n) is 9.03. The van der Waals surface area contributed by atoms with Crippen molar-refractivity contribution in [3.63, 3.8) is 0 Å². The molecule has 0 heterocycles. The Labute approximate surface area is 172 Å². The summed E-state index contributed by atoms with van der Waals surface area (Å²) in [6.45, 7) is 1.87. The average molecular weight is 435 g/mol. The van der Waals surface area contributed by atoms with E-state index in [1.54, 1.807) is 7.11 Å². The van der Waals surface area contributed by atoms with Crippen molar-refractivity contribution >= 4 is 43.4 Å². The Bertz CT molecular complexity index is 1180. The third-order valence-corrected chi connectivity index (χ3v) is 5.63. The van der Waals surface area contributed by atoms with Crippen molar-refractivity contribution in [1.82, 2.24) is 0 Å². The summed E-state index contributed by atoms with van der Waals surface area (Å²) in [7, 11) is 1.65. The zero-order valence-electron chi connectivity index (χ0n) is 15.6. The van der Waals surface area contributed by atoms with E-state index in [-0.39, 0.29) is 11.9 Å². The fraction of sp³-hybridized carbons (Fsp3) is 0.125. The summed E-state index contributed by atoms with van der Waals surface area (Å²) in [6.07, 6.45) is 0. The highest BCUT2D eigenvalue weighted by atomic mass is 79.9. The van der Waals surface area contributed by atoms with Crippen LogP contribution < -0.4 is 9.47 Å². The Balaban J connectivity index is 1.57. The van der Waals surface area contributed by atoms with Crippen LogP contribution in [0.5, 0.6) is 11.5 Å². The van der Waals surface area contributed by atoms with Gasteiger partial charge in [-0.05, 0) is 70.4 Å². The molecule has 0 aliphatic carbocycles. The van der Waals surface area contributed by atoms with Crippen molar-refractivity contribution in [1.29, 1.82) is 0 Å². The Morgan fingerprint density at radius 1 is 0.857 bits per heavy atom. The number of carbonyl (C=O) groups is 1. The van der Waals surface area contributed by atoms with Crippen LogP contribution in [0.1, 0.15) is 18.4 Å². The number of carbonyl (C=O) groups excluding carboxylic acids is 1. The van der Waals surface area contributed by atoms with E-state index in [1.807, 2.05) is 79.7 Å². The Kier molecular flexibility index (Phi) is 5.05. The van der Waals surface area contributed by atoms with Gasteiger partial charge in [-0.15, -0.1) is 0 Å². The molecule has 0 aliphatic heterocycles. The molecule has 0 saturated carbocycles. The molecule has 0 N–H and O–H groups in total. The van der Waals surface area contributed by atoms with Crippen LogP contribution in [0, 0.1) is 0 Å². The molecule has 0 amide bonds. The van der Waals surface area contributed by atoms with Crippen LogP contribution in [0.3, 0.4) is 0 Å². The minimum Gasteiger partial charge on any atom is -0.497 e. The highest BCUT2D eigenvalue weighted by molar-refractivity contribution is 9.10. The van der Waals surface area contributed by atoms with Crippen molar-refractivity contribution in [2.24, 2.45) is 0 Å². The van der Waals surface area contributed by atoms with Gasteiger partial charge in [-0.1, -0.05) is 52.3 Å². The van der Waals surface area contributed by atoms with Crippen LogP contribution in [0.2, 0.25) is 0 Å². The minimum atomic E-state index is -0.371. The summed E-state index contributed by atoms with van der Waals surface area (Å²) in [4.78, 5) is 12.7. The van der Waals surface area contributed by atoms with Crippen LogP contribution in [-0.2, 0) is 4.79 Å². The maximum atomic E-state index is 12.7. The molecule has 0 aromatic heterocycles. The molecule has 0 radical (unpaired) electrons. The van der Waals surface area contributed by atoms with Crippen molar-refractivity contribution in [3.8, 4) is 11.5 Å². The number of hydrogen-bond donors (Lipinski definition) is 0. The minimum absolute atomic E-state index is 0.276. The first-order chi connectivity index (χ1) is 13.5. The number of halogens is 1. The Morgan fingerprint density at radius 3 is 2.39 bits per heavy atom. The standard InChI is InChI=1S/C24H19BrO3/c1-15(16-6-7-18-13-20(27-2)9-8-17(18)12-16)24(26)28-21-10-11-22-19(14-21)4-3-5-23(22)25/h3-15H,1-2H3/t15-/m1/s1. The third kappa shape index (κ3) is 3.60. The lowest BCUT2D eigenvalue weighted by Crippen LogP contribution is -2.16. The van der Waals surface area contributed by atoms with E-state index < -0.39 is 0 Å². The van der Waals surface area contributed by atoms with Crippen LogP contribution in [-0.4, -0.2) is 13.1 Å². The molecule has 4 aromatic rings. The number of fused-ring (bicyclic) bond motifs is 2. The van der Waals surface area contributed by atoms with Gasteiger partial charge in [0.25, 0.3) is 0 Å². The van der Waals surface area contributed by atoms with Crippen molar-refractivity contribution in [2.45, 2.75) is 12.8 Å². The van der Waals surface area contributed by atoms with Gasteiger partial charge in [-0.25, -0.2) is 0 Å². The molecular formula is C24H19BrO3. The average Bonchev–Trinajstić information content (AvgIpc) is 2.72. The molecule has 1 atom stereocenters. The van der Waals surface area contributed by atoms with Gasteiger partial charge < -0.3 is 9.47 Å². The predicted octanol–water partition coefficient (Wildman–Crippen LogP) is 6.47. The van der Waals surface area contributed by atoms with Gasteiger partial charge in [0.1, 0.15) is 11.5 Å². The summed E-state index contributed by atoms with van der Waals surface area (Å²) < 4.78 is 11.9. The van der Waals surface area contributed by atoms with Crippen LogP contribution in [0.15, 0.2) is 77.3 Å². The molecule has 4 heteroatoms. The van der Waals surface area contributed by atoms with E-state index in [2.05, 4.69) is 15.9 Å². The fourth-order valence-corrected chi connectivity index (χ4v) is 3.78. The van der Waals surface area contributed by atoms with E-state index in [9.17, 15) is 4.79 Å². The second-order valence-electron chi connectivity index (χ2n) is 6.74. The molecule has 0 bridgehead atoms. The topological polar surface area (TPSA) is 35.5 Å². The Hall–Kier alpha value is -2.85. The number of hydrogen-bond acceptors (Lipinski definition) is 3. The molecule has 28 heavy (non-hydrogen) atoms. The normalized spacial score (nSPS) is 12.1. The lowest BCUT2D eigenvalue weighted by Gasteiger charge is -2.13. The van der Waals surface area contributed by atoms with Gasteiger partial charge >= 0.3 is 5.97 Å². The van der Waals surface area contributed by atoms with Crippen LogP contribution in [0.25, 0.3) is 21.5 Å². The number of rotatable bonds is 4. The third-order valence-electron chi connectivity index (χ3n) is 4.94. The molecular weight excluding hydrogens is 416 g/mol.